The highest BCUT2D eigenvalue weighted by atomic mass is 79.9. The van der Waals surface area contributed by atoms with Crippen molar-refractivity contribution in [3.63, 3.8) is 0 Å². The van der Waals surface area contributed by atoms with Crippen molar-refractivity contribution in [1.82, 2.24) is 9.47 Å². The Bertz CT molecular complexity index is 573. The van der Waals surface area contributed by atoms with Gasteiger partial charge in [-0.15, -0.1) is 11.3 Å². The lowest BCUT2D eigenvalue weighted by Crippen LogP contribution is -2.26. The first-order valence-electron chi connectivity index (χ1n) is 5.64. The second-order valence-electron chi connectivity index (χ2n) is 4.24. The summed E-state index contributed by atoms with van der Waals surface area (Å²) >= 11 is 6.50. The molecular weight excluding hydrogens is 332 g/mol. The number of thiophene rings is 1. The van der Waals surface area contributed by atoms with Crippen LogP contribution in [0.3, 0.4) is 0 Å². The third-order valence-electron chi connectivity index (χ3n) is 2.74. The molecule has 0 spiro atoms. The SMILES string of the molecule is Cc1csc(=O)n1CCN(C)Cc1ccc(Br)s1. The smallest absolute Gasteiger partial charge is 0.302 e. The highest BCUT2D eigenvalue weighted by molar-refractivity contribution is 9.11. The van der Waals surface area contributed by atoms with Gasteiger partial charge in [0.1, 0.15) is 0 Å². The Morgan fingerprint density at radius 1 is 1.44 bits per heavy atom. The molecule has 2 rings (SSSR count). The van der Waals surface area contributed by atoms with Crippen molar-refractivity contribution in [3.8, 4) is 0 Å². The van der Waals surface area contributed by atoms with Crippen LogP contribution in [-0.4, -0.2) is 23.1 Å². The van der Waals surface area contributed by atoms with Crippen molar-refractivity contribution in [3.05, 3.63) is 41.5 Å². The molecule has 0 amide bonds. The van der Waals surface area contributed by atoms with Gasteiger partial charge in [0.15, 0.2) is 0 Å². The second-order valence-corrected chi connectivity index (χ2v) is 7.61. The van der Waals surface area contributed by atoms with Crippen LogP contribution in [0.25, 0.3) is 0 Å². The predicted molar refractivity (Wildman–Crippen MR) is 81.7 cm³/mol. The Hall–Kier alpha value is -0.430. The molecule has 0 aliphatic heterocycles. The van der Waals surface area contributed by atoms with Crippen molar-refractivity contribution in [2.24, 2.45) is 0 Å². The van der Waals surface area contributed by atoms with Crippen molar-refractivity contribution < 1.29 is 0 Å². The number of aromatic nitrogens is 1. The lowest BCUT2D eigenvalue weighted by atomic mass is 10.4. The maximum absolute atomic E-state index is 11.6. The number of likely N-dealkylation sites (N-methyl/N-ethyl adjacent to an activating group) is 1. The largest absolute Gasteiger partial charge is 0.307 e. The third kappa shape index (κ3) is 3.54. The van der Waals surface area contributed by atoms with E-state index in [0.717, 1.165) is 29.1 Å². The van der Waals surface area contributed by atoms with E-state index in [-0.39, 0.29) is 4.87 Å². The molecule has 3 nitrogen and oxygen atoms in total. The van der Waals surface area contributed by atoms with Crippen molar-refractivity contribution in [2.45, 2.75) is 20.0 Å². The molecule has 0 N–H and O–H groups in total. The molecule has 18 heavy (non-hydrogen) atoms. The Morgan fingerprint density at radius 2 is 2.22 bits per heavy atom. The molecule has 0 atom stereocenters. The lowest BCUT2D eigenvalue weighted by molar-refractivity contribution is 0.312. The van der Waals surface area contributed by atoms with E-state index in [2.05, 4.69) is 40.0 Å². The first-order valence-corrected chi connectivity index (χ1v) is 8.13. The van der Waals surface area contributed by atoms with E-state index in [1.165, 1.54) is 16.2 Å². The Morgan fingerprint density at radius 3 is 2.78 bits per heavy atom. The van der Waals surface area contributed by atoms with Crippen LogP contribution in [0.4, 0.5) is 0 Å². The fourth-order valence-corrected chi connectivity index (χ4v) is 4.05. The van der Waals surface area contributed by atoms with Crippen LogP contribution in [-0.2, 0) is 13.1 Å². The average molecular weight is 347 g/mol. The third-order valence-corrected chi connectivity index (χ3v) is 5.23. The van der Waals surface area contributed by atoms with Crippen LogP contribution in [0.15, 0.2) is 26.1 Å². The number of halogens is 1. The van der Waals surface area contributed by atoms with E-state index in [1.807, 2.05) is 16.9 Å². The van der Waals surface area contributed by atoms with Crippen LogP contribution in [0.1, 0.15) is 10.6 Å². The van der Waals surface area contributed by atoms with Crippen LogP contribution in [0.2, 0.25) is 0 Å². The Balaban J connectivity index is 1.89. The molecule has 0 aromatic carbocycles. The summed E-state index contributed by atoms with van der Waals surface area (Å²) in [6, 6.07) is 4.20. The number of hydrogen-bond acceptors (Lipinski definition) is 4. The van der Waals surface area contributed by atoms with Gasteiger partial charge in [-0.2, -0.15) is 0 Å². The summed E-state index contributed by atoms with van der Waals surface area (Å²) in [6.45, 7) is 4.55. The van der Waals surface area contributed by atoms with E-state index in [1.54, 1.807) is 11.3 Å². The van der Waals surface area contributed by atoms with Gasteiger partial charge < -0.3 is 4.57 Å². The average Bonchev–Trinajstić information content (AvgIpc) is 2.84. The zero-order chi connectivity index (χ0) is 13.1. The summed E-state index contributed by atoms with van der Waals surface area (Å²) in [4.78, 5) is 15.3. The van der Waals surface area contributed by atoms with Crippen molar-refractivity contribution >= 4 is 38.6 Å². The Labute approximate surface area is 123 Å². The van der Waals surface area contributed by atoms with Crippen molar-refractivity contribution in [2.75, 3.05) is 13.6 Å². The van der Waals surface area contributed by atoms with Crippen molar-refractivity contribution in [1.29, 1.82) is 0 Å². The highest BCUT2D eigenvalue weighted by Crippen LogP contribution is 2.22. The second kappa shape index (κ2) is 6.14. The van der Waals surface area contributed by atoms with Gasteiger partial charge in [-0.3, -0.25) is 9.69 Å². The van der Waals surface area contributed by atoms with E-state index in [4.69, 9.17) is 0 Å². The minimum absolute atomic E-state index is 0.139. The fourth-order valence-electron chi connectivity index (χ4n) is 1.73. The molecule has 2 aromatic rings. The van der Waals surface area contributed by atoms with E-state index >= 15 is 0 Å². The molecule has 0 saturated heterocycles. The predicted octanol–water partition coefficient (Wildman–Crippen LogP) is 3.17. The van der Waals surface area contributed by atoms with E-state index in [0.29, 0.717) is 0 Å². The van der Waals surface area contributed by atoms with Gasteiger partial charge in [-0.25, -0.2) is 0 Å². The lowest BCUT2D eigenvalue weighted by Gasteiger charge is -2.16. The first kappa shape index (κ1) is 14.0. The summed E-state index contributed by atoms with van der Waals surface area (Å²) in [5.74, 6) is 0. The van der Waals surface area contributed by atoms with E-state index < -0.39 is 0 Å². The number of aryl methyl sites for hydroxylation is 1. The molecule has 0 aliphatic rings. The molecule has 6 heteroatoms. The summed E-state index contributed by atoms with van der Waals surface area (Å²) in [5.41, 5.74) is 1.05. The molecule has 2 aromatic heterocycles. The standard InChI is InChI=1S/C12H15BrN2OS2/c1-9-8-17-12(16)15(9)6-5-14(2)7-10-3-4-11(13)18-10/h3-4,8H,5-7H2,1-2H3. The van der Waals surface area contributed by atoms with Gasteiger partial charge in [-0.05, 0) is 42.0 Å². The molecular formula is C12H15BrN2OS2. The van der Waals surface area contributed by atoms with Gasteiger partial charge in [0, 0.05) is 35.6 Å². The maximum atomic E-state index is 11.6. The molecule has 0 saturated carbocycles. The minimum Gasteiger partial charge on any atom is -0.302 e. The van der Waals surface area contributed by atoms with Crippen LogP contribution >= 0.6 is 38.6 Å². The van der Waals surface area contributed by atoms with Gasteiger partial charge in [0.25, 0.3) is 0 Å². The molecule has 0 fully saturated rings. The van der Waals surface area contributed by atoms with Gasteiger partial charge in [0.2, 0.25) is 0 Å². The van der Waals surface area contributed by atoms with Gasteiger partial charge in [-0.1, -0.05) is 11.3 Å². The summed E-state index contributed by atoms with van der Waals surface area (Å²) in [5, 5.41) is 1.92. The van der Waals surface area contributed by atoms with Crippen LogP contribution < -0.4 is 4.87 Å². The minimum atomic E-state index is 0.139. The molecule has 98 valence electrons. The molecule has 0 bridgehead atoms. The van der Waals surface area contributed by atoms with Gasteiger partial charge in [0.05, 0.1) is 3.79 Å². The number of rotatable bonds is 5. The van der Waals surface area contributed by atoms with Gasteiger partial charge >= 0.3 is 4.87 Å². The van der Waals surface area contributed by atoms with Crippen LogP contribution in [0, 0.1) is 6.92 Å². The monoisotopic (exact) mass is 346 g/mol. The quantitative estimate of drug-likeness (QED) is 0.830. The molecule has 0 aliphatic carbocycles. The first-order chi connectivity index (χ1) is 8.56. The fraction of sp³-hybridized carbons (Fsp3) is 0.417. The highest BCUT2D eigenvalue weighted by Gasteiger charge is 2.06. The van der Waals surface area contributed by atoms with Crippen LogP contribution in [0.5, 0.6) is 0 Å². The summed E-state index contributed by atoms with van der Waals surface area (Å²) in [7, 11) is 2.08. The topological polar surface area (TPSA) is 25.2 Å². The zero-order valence-electron chi connectivity index (χ0n) is 10.4. The normalized spacial score (nSPS) is 11.3. The summed E-state index contributed by atoms with van der Waals surface area (Å²) in [6.07, 6.45) is 0. The molecule has 0 unspecified atom stereocenters. The number of nitrogens with zero attached hydrogens (tertiary/aromatic N) is 2. The van der Waals surface area contributed by atoms with E-state index in [9.17, 15) is 4.79 Å². The summed E-state index contributed by atoms with van der Waals surface area (Å²) < 4.78 is 3.00. The molecule has 2 heterocycles. The Kier molecular flexibility index (Phi) is 4.77. The number of thiazole rings is 1. The number of hydrogen-bond donors (Lipinski definition) is 0. The zero-order valence-corrected chi connectivity index (χ0v) is 13.6. The molecule has 0 radical (unpaired) electrons. The maximum Gasteiger partial charge on any atom is 0.307 e.